The van der Waals surface area contributed by atoms with Crippen molar-refractivity contribution in [1.29, 1.82) is 5.26 Å². The summed E-state index contributed by atoms with van der Waals surface area (Å²) in [4.78, 5) is 2.10. The molecule has 0 aromatic carbocycles. The zero-order valence-electron chi connectivity index (χ0n) is 6.57. The van der Waals surface area contributed by atoms with Crippen LogP contribution in [0.25, 0.3) is 0 Å². The first-order valence-corrected chi connectivity index (χ1v) is 3.83. The van der Waals surface area contributed by atoms with Crippen LogP contribution in [0.1, 0.15) is 0 Å². The van der Waals surface area contributed by atoms with Crippen LogP contribution in [0.4, 0.5) is 0 Å². The van der Waals surface area contributed by atoms with Crippen LogP contribution in [0.2, 0.25) is 0 Å². The Kier molecular flexibility index (Phi) is 1.56. The molecule has 0 unspecified atom stereocenters. The van der Waals surface area contributed by atoms with Crippen molar-refractivity contribution in [1.82, 2.24) is 4.90 Å². The maximum absolute atomic E-state index is 8.66. The van der Waals surface area contributed by atoms with Crippen LogP contribution >= 0.6 is 0 Å². The minimum Gasteiger partial charge on any atom is -0.344 e. The van der Waals surface area contributed by atoms with Gasteiger partial charge in [0.25, 0.3) is 0 Å². The van der Waals surface area contributed by atoms with Gasteiger partial charge in [-0.15, -0.1) is 0 Å². The van der Waals surface area contributed by atoms with Gasteiger partial charge in [-0.25, -0.2) is 0 Å². The molecule has 0 spiro atoms. The second-order valence-corrected chi connectivity index (χ2v) is 2.69. The van der Waals surface area contributed by atoms with E-state index in [1.165, 1.54) is 0 Å². The van der Waals surface area contributed by atoms with Crippen LogP contribution in [-0.2, 0) is 0 Å². The maximum Gasteiger partial charge on any atom is 0.0989 e. The molecule has 0 saturated carbocycles. The molecule has 0 aromatic heterocycles. The zero-order valence-corrected chi connectivity index (χ0v) is 6.57. The van der Waals surface area contributed by atoms with Crippen molar-refractivity contribution in [2.45, 2.75) is 0 Å². The predicted octanol–water partition coefficient (Wildman–Crippen LogP) is 1.72. The Bertz CT molecular complexity index is 351. The van der Waals surface area contributed by atoms with Crippen molar-refractivity contribution in [3.63, 3.8) is 0 Å². The van der Waals surface area contributed by atoms with E-state index in [4.69, 9.17) is 5.26 Å². The fourth-order valence-electron chi connectivity index (χ4n) is 1.28. The van der Waals surface area contributed by atoms with Crippen LogP contribution in [-0.4, -0.2) is 11.4 Å². The van der Waals surface area contributed by atoms with E-state index in [-0.39, 0.29) is 0 Å². The van der Waals surface area contributed by atoms with E-state index in [9.17, 15) is 0 Å². The first kappa shape index (κ1) is 6.93. The fourth-order valence-corrected chi connectivity index (χ4v) is 1.28. The van der Waals surface area contributed by atoms with E-state index >= 15 is 0 Å². The second kappa shape index (κ2) is 2.71. The lowest BCUT2D eigenvalue weighted by atomic mass is 10.1. The molecular formula is C10H8N2. The van der Waals surface area contributed by atoms with Gasteiger partial charge in [0, 0.05) is 18.4 Å². The van der Waals surface area contributed by atoms with Crippen LogP contribution in [0.3, 0.4) is 0 Å². The standard InChI is InChI=1S/C10H8N2/c11-8-9-4-6-12-5-2-1-3-10(12)7-9/h1-5,7H,6H2. The number of allylic oxidation sites excluding steroid dienone is 5. The molecule has 0 saturated heterocycles. The summed E-state index contributed by atoms with van der Waals surface area (Å²) in [6.45, 7) is 0.801. The molecule has 2 nitrogen and oxygen atoms in total. The molecule has 58 valence electrons. The molecule has 2 rings (SSSR count). The van der Waals surface area contributed by atoms with Crippen molar-refractivity contribution in [2.24, 2.45) is 0 Å². The van der Waals surface area contributed by atoms with Gasteiger partial charge in [-0.1, -0.05) is 6.08 Å². The third-order valence-corrected chi connectivity index (χ3v) is 1.92. The number of hydrogen-bond acceptors (Lipinski definition) is 2. The smallest absolute Gasteiger partial charge is 0.0989 e. The lowest BCUT2D eigenvalue weighted by molar-refractivity contribution is 0.522. The maximum atomic E-state index is 8.66. The van der Waals surface area contributed by atoms with E-state index in [0.29, 0.717) is 0 Å². The quantitative estimate of drug-likeness (QED) is 0.534. The number of nitriles is 1. The van der Waals surface area contributed by atoms with Crippen molar-refractivity contribution in [3.05, 3.63) is 47.9 Å². The van der Waals surface area contributed by atoms with Gasteiger partial charge in [-0.2, -0.15) is 5.26 Å². The summed E-state index contributed by atoms with van der Waals surface area (Å²) in [6.07, 6.45) is 11.8. The van der Waals surface area contributed by atoms with E-state index in [1.807, 2.05) is 36.6 Å². The van der Waals surface area contributed by atoms with E-state index in [2.05, 4.69) is 11.0 Å². The molecule has 0 amide bonds. The molecule has 0 N–H and O–H groups in total. The molecule has 12 heavy (non-hydrogen) atoms. The molecule has 0 fully saturated rings. The van der Waals surface area contributed by atoms with Crippen LogP contribution < -0.4 is 0 Å². The molecule has 0 atom stereocenters. The summed E-state index contributed by atoms with van der Waals surface area (Å²) >= 11 is 0. The minimum atomic E-state index is 0.751. The molecule has 0 radical (unpaired) electrons. The molecule has 0 bridgehead atoms. The van der Waals surface area contributed by atoms with Crippen molar-refractivity contribution < 1.29 is 0 Å². The van der Waals surface area contributed by atoms with E-state index in [1.54, 1.807) is 0 Å². The third kappa shape index (κ3) is 1.06. The summed E-state index contributed by atoms with van der Waals surface area (Å²) in [5, 5.41) is 8.66. The highest BCUT2D eigenvalue weighted by Gasteiger charge is 2.10. The Morgan fingerprint density at radius 3 is 3.17 bits per heavy atom. The van der Waals surface area contributed by atoms with Gasteiger partial charge in [-0.3, -0.25) is 0 Å². The van der Waals surface area contributed by atoms with Gasteiger partial charge in [0.15, 0.2) is 0 Å². The van der Waals surface area contributed by atoms with Crippen LogP contribution in [0, 0.1) is 11.3 Å². The number of fused-ring (bicyclic) bond motifs is 1. The van der Waals surface area contributed by atoms with Crippen LogP contribution in [0.15, 0.2) is 47.9 Å². The SMILES string of the molecule is N#CC1=CCN2C=CC=CC2=C1. The molecule has 2 heterocycles. The highest BCUT2D eigenvalue weighted by atomic mass is 15.1. The molecule has 2 aliphatic rings. The second-order valence-electron chi connectivity index (χ2n) is 2.69. The minimum absolute atomic E-state index is 0.751. The molecular weight excluding hydrogens is 148 g/mol. The van der Waals surface area contributed by atoms with Crippen molar-refractivity contribution in [2.75, 3.05) is 6.54 Å². The fraction of sp³-hybridized carbons (Fsp3) is 0.100. The summed E-state index contributed by atoms with van der Waals surface area (Å²) in [6, 6.07) is 2.14. The summed E-state index contributed by atoms with van der Waals surface area (Å²) in [5.41, 5.74) is 1.85. The zero-order chi connectivity index (χ0) is 8.39. The van der Waals surface area contributed by atoms with Gasteiger partial charge >= 0.3 is 0 Å². The summed E-state index contributed by atoms with van der Waals surface area (Å²) < 4.78 is 0. The van der Waals surface area contributed by atoms with Crippen molar-refractivity contribution in [3.8, 4) is 6.07 Å². The summed E-state index contributed by atoms with van der Waals surface area (Å²) in [5.74, 6) is 0. The van der Waals surface area contributed by atoms with Crippen LogP contribution in [0.5, 0.6) is 0 Å². The topological polar surface area (TPSA) is 27.0 Å². The lowest BCUT2D eigenvalue weighted by Crippen LogP contribution is -2.20. The Morgan fingerprint density at radius 1 is 1.42 bits per heavy atom. The Hall–Kier alpha value is -1.75. The molecule has 2 aliphatic heterocycles. The first-order chi connectivity index (χ1) is 5.90. The third-order valence-electron chi connectivity index (χ3n) is 1.92. The molecule has 0 aromatic rings. The average Bonchev–Trinajstić information content (AvgIpc) is 2.17. The Labute approximate surface area is 71.4 Å². The average molecular weight is 156 g/mol. The monoisotopic (exact) mass is 156 g/mol. The largest absolute Gasteiger partial charge is 0.344 e. The molecule has 2 heteroatoms. The van der Waals surface area contributed by atoms with Crippen molar-refractivity contribution >= 4 is 0 Å². The van der Waals surface area contributed by atoms with E-state index in [0.717, 1.165) is 17.8 Å². The van der Waals surface area contributed by atoms with Gasteiger partial charge < -0.3 is 4.90 Å². The highest BCUT2D eigenvalue weighted by Crippen LogP contribution is 2.18. The van der Waals surface area contributed by atoms with E-state index < -0.39 is 0 Å². The first-order valence-electron chi connectivity index (χ1n) is 3.83. The van der Waals surface area contributed by atoms with Gasteiger partial charge in [0.2, 0.25) is 0 Å². The number of nitrogens with zero attached hydrogens (tertiary/aromatic N) is 2. The highest BCUT2D eigenvalue weighted by molar-refractivity contribution is 5.44. The van der Waals surface area contributed by atoms with Gasteiger partial charge in [0.1, 0.15) is 0 Å². The summed E-state index contributed by atoms with van der Waals surface area (Å²) in [7, 11) is 0. The number of hydrogen-bond donors (Lipinski definition) is 0. The Morgan fingerprint density at radius 2 is 2.33 bits per heavy atom. The Balaban J connectivity index is 2.33. The molecule has 0 aliphatic carbocycles. The van der Waals surface area contributed by atoms with Gasteiger partial charge in [0.05, 0.1) is 11.6 Å². The normalized spacial score (nSPS) is 19.4. The lowest BCUT2D eigenvalue weighted by Gasteiger charge is -2.24. The van der Waals surface area contributed by atoms with Gasteiger partial charge in [-0.05, 0) is 24.3 Å². The predicted molar refractivity (Wildman–Crippen MR) is 46.8 cm³/mol. The number of rotatable bonds is 0.